The molecule has 0 aliphatic heterocycles. The van der Waals surface area contributed by atoms with Gasteiger partial charge in [-0.05, 0) is 35.4 Å². The summed E-state index contributed by atoms with van der Waals surface area (Å²) < 4.78 is 0. The summed E-state index contributed by atoms with van der Waals surface area (Å²) >= 11 is 0. The molecule has 2 aromatic carbocycles. The van der Waals surface area contributed by atoms with Crippen LogP contribution in [0, 0.1) is 11.3 Å². The summed E-state index contributed by atoms with van der Waals surface area (Å²) in [6.07, 6.45) is 0.404. The molecule has 2 rings (SSSR count). The van der Waals surface area contributed by atoms with Crippen LogP contribution in [0.3, 0.4) is 0 Å². The van der Waals surface area contributed by atoms with Crippen LogP contribution in [-0.4, -0.2) is 11.1 Å². The van der Waals surface area contributed by atoms with Crippen molar-refractivity contribution < 1.29 is 9.90 Å². The SMILES string of the molecule is N#CCc1ccc(NCc2cccc(C(=O)O)c2)cc1. The summed E-state index contributed by atoms with van der Waals surface area (Å²) in [5, 5.41) is 20.7. The van der Waals surface area contributed by atoms with Gasteiger partial charge in [-0.1, -0.05) is 24.3 Å². The maximum atomic E-state index is 10.9. The van der Waals surface area contributed by atoms with Gasteiger partial charge in [-0.2, -0.15) is 5.26 Å². The van der Waals surface area contributed by atoms with Gasteiger partial charge in [0, 0.05) is 12.2 Å². The topological polar surface area (TPSA) is 73.1 Å². The third kappa shape index (κ3) is 3.59. The molecule has 0 aliphatic carbocycles. The van der Waals surface area contributed by atoms with Crippen LogP contribution in [-0.2, 0) is 13.0 Å². The fourth-order valence-electron chi connectivity index (χ4n) is 1.85. The maximum absolute atomic E-state index is 10.9. The van der Waals surface area contributed by atoms with Gasteiger partial charge in [-0.3, -0.25) is 0 Å². The first-order valence-corrected chi connectivity index (χ1v) is 6.21. The molecule has 4 nitrogen and oxygen atoms in total. The van der Waals surface area contributed by atoms with Crippen molar-refractivity contribution in [3.05, 3.63) is 65.2 Å². The Labute approximate surface area is 117 Å². The van der Waals surface area contributed by atoms with Gasteiger partial charge in [0.2, 0.25) is 0 Å². The maximum Gasteiger partial charge on any atom is 0.335 e. The number of hydrogen-bond acceptors (Lipinski definition) is 3. The molecule has 0 radical (unpaired) electrons. The van der Waals surface area contributed by atoms with Crippen LogP contribution in [0.25, 0.3) is 0 Å². The van der Waals surface area contributed by atoms with Crippen molar-refractivity contribution in [1.29, 1.82) is 5.26 Å². The van der Waals surface area contributed by atoms with Gasteiger partial charge in [0.05, 0.1) is 18.1 Å². The van der Waals surface area contributed by atoms with E-state index in [1.807, 2.05) is 30.3 Å². The second-order valence-corrected chi connectivity index (χ2v) is 4.39. The van der Waals surface area contributed by atoms with Crippen molar-refractivity contribution in [2.45, 2.75) is 13.0 Å². The zero-order valence-electron chi connectivity index (χ0n) is 10.8. The average molecular weight is 266 g/mol. The number of carboxylic acids is 1. The molecule has 0 saturated carbocycles. The molecule has 0 bridgehead atoms. The highest BCUT2D eigenvalue weighted by Crippen LogP contribution is 2.12. The van der Waals surface area contributed by atoms with E-state index in [9.17, 15) is 4.79 Å². The van der Waals surface area contributed by atoms with Crippen LogP contribution >= 0.6 is 0 Å². The Hall–Kier alpha value is -2.80. The Balaban J connectivity index is 2.00. The Bertz CT molecular complexity index is 642. The number of carbonyl (C=O) groups is 1. The average Bonchev–Trinajstić information content (AvgIpc) is 2.47. The zero-order chi connectivity index (χ0) is 14.4. The molecule has 2 N–H and O–H groups in total. The lowest BCUT2D eigenvalue weighted by atomic mass is 10.1. The van der Waals surface area contributed by atoms with E-state index in [0.717, 1.165) is 16.8 Å². The molecule has 0 unspecified atom stereocenters. The Kier molecular flexibility index (Phi) is 4.35. The van der Waals surface area contributed by atoms with Gasteiger partial charge in [0.15, 0.2) is 0 Å². The number of nitriles is 1. The predicted molar refractivity (Wildman–Crippen MR) is 76.5 cm³/mol. The normalized spacial score (nSPS) is 9.75. The zero-order valence-corrected chi connectivity index (χ0v) is 10.8. The minimum atomic E-state index is -0.923. The van der Waals surface area contributed by atoms with Crippen molar-refractivity contribution in [3.8, 4) is 6.07 Å². The van der Waals surface area contributed by atoms with E-state index in [-0.39, 0.29) is 5.56 Å². The van der Waals surface area contributed by atoms with E-state index in [0.29, 0.717) is 13.0 Å². The van der Waals surface area contributed by atoms with E-state index in [1.54, 1.807) is 18.2 Å². The molecule has 100 valence electrons. The number of aromatic carboxylic acids is 1. The van der Waals surface area contributed by atoms with Crippen molar-refractivity contribution in [3.63, 3.8) is 0 Å². The fourth-order valence-corrected chi connectivity index (χ4v) is 1.85. The molecule has 20 heavy (non-hydrogen) atoms. The summed E-state index contributed by atoms with van der Waals surface area (Å²) in [5.74, 6) is -0.923. The van der Waals surface area contributed by atoms with E-state index >= 15 is 0 Å². The summed E-state index contributed by atoms with van der Waals surface area (Å²) in [7, 11) is 0. The second-order valence-electron chi connectivity index (χ2n) is 4.39. The summed E-state index contributed by atoms with van der Waals surface area (Å²) in [4.78, 5) is 10.9. The molecular weight excluding hydrogens is 252 g/mol. The third-order valence-electron chi connectivity index (χ3n) is 2.91. The molecule has 0 heterocycles. The Morgan fingerprint density at radius 2 is 1.90 bits per heavy atom. The predicted octanol–water partition coefficient (Wildman–Crippen LogP) is 3.06. The number of benzene rings is 2. The first kappa shape index (κ1) is 13.6. The molecule has 2 aromatic rings. The smallest absolute Gasteiger partial charge is 0.335 e. The first-order valence-electron chi connectivity index (χ1n) is 6.21. The van der Waals surface area contributed by atoms with Gasteiger partial charge < -0.3 is 10.4 Å². The van der Waals surface area contributed by atoms with Crippen LogP contribution in [0.15, 0.2) is 48.5 Å². The van der Waals surface area contributed by atoms with E-state index in [1.165, 1.54) is 0 Å². The summed E-state index contributed by atoms with van der Waals surface area (Å²) in [6.45, 7) is 0.554. The Morgan fingerprint density at radius 3 is 2.55 bits per heavy atom. The van der Waals surface area contributed by atoms with E-state index in [2.05, 4.69) is 11.4 Å². The molecule has 0 saturated heterocycles. The third-order valence-corrected chi connectivity index (χ3v) is 2.91. The first-order chi connectivity index (χ1) is 9.69. The quantitative estimate of drug-likeness (QED) is 0.872. The number of nitrogens with zero attached hydrogens (tertiary/aromatic N) is 1. The highest BCUT2D eigenvalue weighted by atomic mass is 16.4. The van der Waals surface area contributed by atoms with Gasteiger partial charge in [0.1, 0.15) is 0 Å². The molecule has 0 spiro atoms. The second kappa shape index (κ2) is 6.39. The minimum absolute atomic E-state index is 0.286. The van der Waals surface area contributed by atoms with Gasteiger partial charge >= 0.3 is 5.97 Å². The van der Waals surface area contributed by atoms with Gasteiger partial charge in [-0.25, -0.2) is 4.79 Å². The lowest BCUT2D eigenvalue weighted by Gasteiger charge is -2.07. The van der Waals surface area contributed by atoms with Gasteiger partial charge in [-0.15, -0.1) is 0 Å². The van der Waals surface area contributed by atoms with Gasteiger partial charge in [0.25, 0.3) is 0 Å². The van der Waals surface area contributed by atoms with Crippen molar-refractivity contribution in [2.24, 2.45) is 0 Å². The molecule has 0 atom stereocenters. The fraction of sp³-hybridized carbons (Fsp3) is 0.125. The molecule has 4 heteroatoms. The van der Waals surface area contributed by atoms with Crippen LogP contribution in [0.4, 0.5) is 5.69 Å². The van der Waals surface area contributed by atoms with Crippen molar-refractivity contribution in [1.82, 2.24) is 0 Å². The summed E-state index contributed by atoms with van der Waals surface area (Å²) in [5.41, 5.74) is 3.11. The number of rotatable bonds is 5. The largest absolute Gasteiger partial charge is 0.478 e. The van der Waals surface area contributed by atoms with Crippen LogP contribution in [0.5, 0.6) is 0 Å². The lowest BCUT2D eigenvalue weighted by molar-refractivity contribution is 0.0697. The van der Waals surface area contributed by atoms with Crippen molar-refractivity contribution in [2.75, 3.05) is 5.32 Å². The molecular formula is C16H14N2O2. The molecule has 0 fully saturated rings. The standard InChI is InChI=1S/C16H14N2O2/c17-9-8-12-4-6-15(7-5-12)18-11-13-2-1-3-14(10-13)16(19)20/h1-7,10,18H,8,11H2,(H,19,20). The molecule has 0 aliphatic rings. The van der Waals surface area contributed by atoms with E-state index in [4.69, 9.17) is 10.4 Å². The van der Waals surface area contributed by atoms with Crippen LogP contribution in [0.2, 0.25) is 0 Å². The van der Waals surface area contributed by atoms with Crippen LogP contribution in [0.1, 0.15) is 21.5 Å². The monoisotopic (exact) mass is 266 g/mol. The van der Waals surface area contributed by atoms with Crippen molar-refractivity contribution >= 4 is 11.7 Å². The minimum Gasteiger partial charge on any atom is -0.478 e. The number of anilines is 1. The highest BCUT2D eigenvalue weighted by Gasteiger charge is 2.03. The number of hydrogen-bond donors (Lipinski definition) is 2. The van der Waals surface area contributed by atoms with Crippen LogP contribution < -0.4 is 5.32 Å². The summed E-state index contributed by atoms with van der Waals surface area (Å²) in [6, 6.07) is 16.6. The highest BCUT2D eigenvalue weighted by molar-refractivity contribution is 5.87. The molecule has 0 amide bonds. The number of nitrogens with one attached hydrogen (secondary N) is 1. The van der Waals surface area contributed by atoms with E-state index < -0.39 is 5.97 Å². The lowest BCUT2D eigenvalue weighted by Crippen LogP contribution is -2.02. The number of carboxylic acid groups (broad SMARTS) is 1. The Morgan fingerprint density at radius 1 is 1.15 bits per heavy atom. The molecule has 0 aromatic heterocycles.